The van der Waals surface area contributed by atoms with E-state index in [1.54, 1.807) is 6.07 Å². The number of hydrogen-bond acceptors (Lipinski definition) is 1. The van der Waals surface area contributed by atoms with Crippen LogP contribution < -0.4 is 0 Å². The Morgan fingerprint density at radius 2 is 2.20 bits per heavy atom. The van der Waals surface area contributed by atoms with Crippen LogP contribution in [0.25, 0.3) is 0 Å². The molecule has 1 nitrogen and oxygen atoms in total. The van der Waals surface area contributed by atoms with Gasteiger partial charge in [0, 0.05) is 16.5 Å². The number of carbonyl (C=O) groups is 1. The van der Waals surface area contributed by atoms with Gasteiger partial charge in [0.2, 0.25) is 0 Å². The summed E-state index contributed by atoms with van der Waals surface area (Å²) in [4.78, 5) is 11.8. The van der Waals surface area contributed by atoms with Gasteiger partial charge in [-0.3, -0.25) is 4.79 Å². The van der Waals surface area contributed by atoms with Crippen molar-refractivity contribution in [1.29, 1.82) is 0 Å². The van der Waals surface area contributed by atoms with Crippen molar-refractivity contribution < 1.29 is 9.18 Å². The third-order valence-electron chi connectivity index (χ3n) is 2.46. The van der Waals surface area contributed by atoms with Gasteiger partial charge in [-0.15, -0.1) is 0 Å². The lowest BCUT2D eigenvalue weighted by Gasteiger charge is -2.08. The zero-order valence-electron chi connectivity index (χ0n) is 8.89. The summed E-state index contributed by atoms with van der Waals surface area (Å²) >= 11 is 3.26. The Labute approximate surface area is 97.8 Å². The molecule has 3 heteroatoms. The number of Topliss-reactive ketones (excluding diaryl/α,β-unsaturated/α-hetero) is 1. The Kier molecular flexibility index (Phi) is 4.45. The van der Waals surface area contributed by atoms with E-state index in [-0.39, 0.29) is 11.6 Å². The van der Waals surface area contributed by atoms with E-state index >= 15 is 0 Å². The van der Waals surface area contributed by atoms with Crippen LogP contribution in [0.3, 0.4) is 0 Å². The maximum atomic E-state index is 13.0. The van der Waals surface area contributed by atoms with Crippen LogP contribution >= 0.6 is 15.9 Å². The summed E-state index contributed by atoms with van der Waals surface area (Å²) in [6.07, 6.45) is 1.43. The maximum Gasteiger partial charge on any atom is 0.164 e. The van der Waals surface area contributed by atoms with Crippen LogP contribution in [-0.4, -0.2) is 5.78 Å². The summed E-state index contributed by atoms with van der Waals surface area (Å²) in [5, 5.41) is 0. The van der Waals surface area contributed by atoms with Gasteiger partial charge < -0.3 is 0 Å². The minimum absolute atomic E-state index is 0.00396. The number of hydrogen-bond donors (Lipinski definition) is 0. The highest BCUT2D eigenvalue weighted by molar-refractivity contribution is 9.10. The molecule has 1 unspecified atom stereocenters. The third kappa shape index (κ3) is 3.42. The Morgan fingerprint density at radius 3 is 2.80 bits per heavy atom. The van der Waals surface area contributed by atoms with Crippen molar-refractivity contribution >= 4 is 21.7 Å². The van der Waals surface area contributed by atoms with Gasteiger partial charge in [0.05, 0.1) is 0 Å². The highest BCUT2D eigenvalue weighted by atomic mass is 79.9. The summed E-state index contributed by atoms with van der Waals surface area (Å²) in [6.45, 7) is 4.06. The molecule has 0 amide bonds. The minimum Gasteiger partial charge on any atom is -0.294 e. The molecule has 1 aromatic rings. The second-order valence-electron chi connectivity index (χ2n) is 3.76. The molecule has 0 fully saturated rings. The standard InChI is InChI=1S/C12H14BrFO/c1-3-8(2)6-12(15)10-7-9(14)4-5-11(10)13/h4-5,7-8H,3,6H2,1-2H3. The summed E-state index contributed by atoms with van der Waals surface area (Å²) in [7, 11) is 0. The van der Waals surface area contributed by atoms with Crippen molar-refractivity contribution in [3.63, 3.8) is 0 Å². The monoisotopic (exact) mass is 272 g/mol. The van der Waals surface area contributed by atoms with E-state index in [1.807, 2.05) is 13.8 Å². The molecule has 0 saturated carbocycles. The Bertz CT molecular complexity index is 363. The normalized spacial score (nSPS) is 12.5. The topological polar surface area (TPSA) is 17.1 Å². The van der Waals surface area contributed by atoms with E-state index < -0.39 is 0 Å². The first-order chi connectivity index (χ1) is 7.04. The van der Waals surface area contributed by atoms with Crippen molar-refractivity contribution in [2.75, 3.05) is 0 Å². The van der Waals surface area contributed by atoms with Gasteiger partial charge in [-0.2, -0.15) is 0 Å². The van der Waals surface area contributed by atoms with Crippen molar-refractivity contribution in [2.45, 2.75) is 26.7 Å². The lowest BCUT2D eigenvalue weighted by atomic mass is 9.98. The van der Waals surface area contributed by atoms with Gasteiger partial charge >= 0.3 is 0 Å². The Hall–Kier alpha value is -0.700. The number of halogens is 2. The summed E-state index contributed by atoms with van der Waals surface area (Å²) in [5.74, 6) is -0.0332. The molecular weight excluding hydrogens is 259 g/mol. The van der Waals surface area contributed by atoms with E-state index in [0.29, 0.717) is 22.4 Å². The largest absolute Gasteiger partial charge is 0.294 e. The average molecular weight is 273 g/mol. The number of ketones is 1. The molecule has 0 N–H and O–H groups in total. The minimum atomic E-state index is -0.370. The van der Waals surface area contributed by atoms with Crippen molar-refractivity contribution in [3.8, 4) is 0 Å². The fourth-order valence-electron chi connectivity index (χ4n) is 1.28. The van der Waals surface area contributed by atoms with Gasteiger partial charge in [0.25, 0.3) is 0 Å². The van der Waals surface area contributed by atoms with Crippen molar-refractivity contribution in [2.24, 2.45) is 5.92 Å². The van der Waals surface area contributed by atoms with Gasteiger partial charge in [0.15, 0.2) is 5.78 Å². The van der Waals surface area contributed by atoms with E-state index in [9.17, 15) is 9.18 Å². The molecule has 15 heavy (non-hydrogen) atoms. The van der Waals surface area contributed by atoms with E-state index in [4.69, 9.17) is 0 Å². The maximum absolute atomic E-state index is 13.0. The molecule has 1 atom stereocenters. The van der Waals surface area contributed by atoms with E-state index in [0.717, 1.165) is 6.42 Å². The summed E-state index contributed by atoms with van der Waals surface area (Å²) in [5.41, 5.74) is 0.440. The lowest BCUT2D eigenvalue weighted by molar-refractivity contribution is 0.0962. The van der Waals surface area contributed by atoms with Gasteiger partial charge in [0.1, 0.15) is 5.82 Å². The zero-order chi connectivity index (χ0) is 11.4. The number of carbonyl (C=O) groups excluding carboxylic acids is 1. The van der Waals surface area contributed by atoms with E-state index in [2.05, 4.69) is 15.9 Å². The van der Waals surface area contributed by atoms with Gasteiger partial charge in [-0.05, 0) is 24.1 Å². The van der Waals surface area contributed by atoms with Crippen LogP contribution in [0.4, 0.5) is 4.39 Å². The first-order valence-electron chi connectivity index (χ1n) is 5.02. The first-order valence-corrected chi connectivity index (χ1v) is 5.82. The van der Waals surface area contributed by atoms with Crippen molar-refractivity contribution in [3.05, 3.63) is 34.1 Å². The Balaban J connectivity index is 2.86. The molecule has 1 aromatic carbocycles. The Morgan fingerprint density at radius 1 is 1.53 bits per heavy atom. The second kappa shape index (κ2) is 5.40. The molecule has 0 aliphatic rings. The highest BCUT2D eigenvalue weighted by Crippen LogP contribution is 2.21. The quantitative estimate of drug-likeness (QED) is 0.751. The third-order valence-corrected chi connectivity index (χ3v) is 3.15. The summed E-state index contributed by atoms with van der Waals surface area (Å²) < 4.78 is 13.6. The molecule has 0 aromatic heterocycles. The molecule has 0 aliphatic heterocycles. The smallest absolute Gasteiger partial charge is 0.164 e. The molecule has 0 bridgehead atoms. The molecule has 0 radical (unpaired) electrons. The second-order valence-corrected chi connectivity index (χ2v) is 4.62. The average Bonchev–Trinajstić information content (AvgIpc) is 2.21. The molecule has 0 saturated heterocycles. The SMILES string of the molecule is CCC(C)CC(=O)c1cc(F)ccc1Br. The van der Waals surface area contributed by atoms with E-state index in [1.165, 1.54) is 12.1 Å². The predicted molar refractivity (Wildman–Crippen MR) is 62.5 cm³/mol. The van der Waals surface area contributed by atoms with Crippen LogP contribution in [0.1, 0.15) is 37.0 Å². The molecule has 1 rings (SSSR count). The fraction of sp³-hybridized carbons (Fsp3) is 0.417. The summed E-state index contributed by atoms with van der Waals surface area (Å²) in [6, 6.07) is 4.19. The molecule has 0 aliphatic carbocycles. The van der Waals surface area contributed by atoms with Crippen LogP contribution in [0.2, 0.25) is 0 Å². The van der Waals surface area contributed by atoms with Gasteiger partial charge in [-0.25, -0.2) is 4.39 Å². The predicted octanol–water partition coefficient (Wildman–Crippen LogP) is 4.21. The number of rotatable bonds is 4. The van der Waals surface area contributed by atoms with Crippen LogP contribution in [-0.2, 0) is 0 Å². The van der Waals surface area contributed by atoms with Crippen LogP contribution in [0, 0.1) is 11.7 Å². The molecule has 0 heterocycles. The molecular formula is C12H14BrFO. The van der Waals surface area contributed by atoms with Gasteiger partial charge in [-0.1, -0.05) is 36.2 Å². The van der Waals surface area contributed by atoms with Crippen LogP contribution in [0.5, 0.6) is 0 Å². The fourth-order valence-corrected chi connectivity index (χ4v) is 1.75. The van der Waals surface area contributed by atoms with Crippen molar-refractivity contribution in [1.82, 2.24) is 0 Å². The molecule has 0 spiro atoms. The highest BCUT2D eigenvalue weighted by Gasteiger charge is 2.13. The zero-order valence-corrected chi connectivity index (χ0v) is 10.5. The van der Waals surface area contributed by atoms with Crippen LogP contribution in [0.15, 0.2) is 22.7 Å². The first kappa shape index (κ1) is 12.4. The molecule has 82 valence electrons. The number of benzene rings is 1. The lowest BCUT2D eigenvalue weighted by Crippen LogP contribution is -2.06.